The van der Waals surface area contributed by atoms with Gasteiger partial charge in [0.15, 0.2) is 5.58 Å². The molecule has 1 saturated heterocycles. The molecule has 1 fully saturated rings. The van der Waals surface area contributed by atoms with Crippen LogP contribution in [0.25, 0.3) is 11.1 Å². The molecule has 144 valence electrons. The molecule has 0 spiro atoms. The Morgan fingerprint density at radius 3 is 2.54 bits per heavy atom. The molecule has 0 unspecified atom stereocenters. The molecule has 0 amide bonds. The molecule has 1 aliphatic rings. The van der Waals surface area contributed by atoms with Crippen LogP contribution in [0.15, 0.2) is 22.6 Å². The van der Waals surface area contributed by atoms with E-state index in [1.807, 2.05) is 0 Å². The van der Waals surface area contributed by atoms with Gasteiger partial charge in [-0.05, 0) is 56.5 Å². The molecule has 0 saturated carbocycles. The van der Waals surface area contributed by atoms with Crippen LogP contribution < -0.4 is 10.6 Å². The highest BCUT2D eigenvalue weighted by Gasteiger charge is 2.15. The summed E-state index contributed by atoms with van der Waals surface area (Å²) in [6, 6.07) is 7.64. The third-order valence-corrected chi connectivity index (χ3v) is 5.44. The van der Waals surface area contributed by atoms with Crippen molar-refractivity contribution in [3.63, 3.8) is 0 Å². The summed E-state index contributed by atoms with van der Waals surface area (Å²) >= 11 is 0. The summed E-state index contributed by atoms with van der Waals surface area (Å²) in [7, 11) is 0. The van der Waals surface area contributed by atoms with E-state index in [4.69, 9.17) is 4.42 Å². The van der Waals surface area contributed by atoms with Crippen molar-refractivity contribution in [1.29, 1.82) is 0 Å². The molecular weight excluding hydrogens is 322 g/mol. The van der Waals surface area contributed by atoms with E-state index in [1.54, 1.807) is 0 Å². The number of anilines is 1. The van der Waals surface area contributed by atoms with Gasteiger partial charge in [-0.25, -0.2) is 0 Å². The fraction of sp³-hybridized carbons (Fsp3) is 0.682. The Balaban J connectivity index is 1.42. The van der Waals surface area contributed by atoms with Gasteiger partial charge in [-0.1, -0.05) is 57.9 Å². The first-order valence-electron chi connectivity index (χ1n) is 10.7. The number of piperidine rings is 1. The number of oxazole rings is 1. The van der Waals surface area contributed by atoms with Gasteiger partial charge in [-0.15, -0.1) is 0 Å². The molecule has 2 heterocycles. The van der Waals surface area contributed by atoms with Crippen molar-refractivity contribution in [2.45, 2.75) is 83.6 Å². The molecule has 3 rings (SSSR count). The number of hydrogen-bond donors (Lipinski definition) is 2. The maximum absolute atomic E-state index is 5.95. The van der Waals surface area contributed by atoms with Gasteiger partial charge in [-0.3, -0.25) is 0 Å². The van der Waals surface area contributed by atoms with Gasteiger partial charge in [0.2, 0.25) is 0 Å². The molecule has 0 bridgehead atoms. The average Bonchev–Trinajstić information content (AvgIpc) is 3.06. The second kappa shape index (κ2) is 10.6. The summed E-state index contributed by atoms with van der Waals surface area (Å²) in [5, 5.41) is 6.84. The zero-order chi connectivity index (χ0) is 18.0. The number of aryl methyl sites for hydroxylation is 1. The number of benzene rings is 1. The van der Waals surface area contributed by atoms with Gasteiger partial charge in [0, 0.05) is 6.04 Å². The van der Waals surface area contributed by atoms with Crippen LogP contribution in [0.4, 0.5) is 6.01 Å². The molecular formula is C22H35N3O. The fourth-order valence-electron chi connectivity index (χ4n) is 3.79. The number of nitrogens with one attached hydrogen (secondary N) is 2. The minimum absolute atomic E-state index is 0.473. The Kier molecular flexibility index (Phi) is 7.81. The van der Waals surface area contributed by atoms with Crippen molar-refractivity contribution < 1.29 is 4.42 Å². The van der Waals surface area contributed by atoms with Crippen LogP contribution in [-0.4, -0.2) is 24.1 Å². The third kappa shape index (κ3) is 6.01. The molecule has 26 heavy (non-hydrogen) atoms. The van der Waals surface area contributed by atoms with Crippen molar-refractivity contribution in [3.8, 4) is 0 Å². The zero-order valence-corrected chi connectivity index (χ0v) is 16.4. The van der Waals surface area contributed by atoms with Gasteiger partial charge in [-0.2, -0.15) is 4.98 Å². The average molecular weight is 358 g/mol. The van der Waals surface area contributed by atoms with Gasteiger partial charge in [0.05, 0.1) is 0 Å². The van der Waals surface area contributed by atoms with Crippen molar-refractivity contribution in [2.24, 2.45) is 0 Å². The molecule has 1 aliphatic heterocycles. The van der Waals surface area contributed by atoms with E-state index in [9.17, 15) is 0 Å². The highest BCUT2D eigenvalue weighted by atomic mass is 16.4. The highest BCUT2D eigenvalue weighted by molar-refractivity contribution is 5.75. The molecule has 4 nitrogen and oxygen atoms in total. The lowest BCUT2D eigenvalue weighted by atomic mass is 10.0. The second-order valence-electron chi connectivity index (χ2n) is 7.71. The van der Waals surface area contributed by atoms with Crippen LogP contribution in [0.2, 0.25) is 0 Å². The number of rotatable bonds is 11. The summed E-state index contributed by atoms with van der Waals surface area (Å²) in [5.74, 6) is 0. The van der Waals surface area contributed by atoms with Crippen LogP contribution in [-0.2, 0) is 6.42 Å². The second-order valence-corrected chi connectivity index (χ2v) is 7.71. The van der Waals surface area contributed by atoms with Gasteiger partial charge < -0.3 is 15.1 Å². The predicted molar refractivity (Wildman–Crippen MR) is 110 cm³/mol. The van der Waals surface area contributed by atoms with Gasteiger partial charge in [0.25, 0.3) is 6.01 Å². The Morgan fingerprint density at radius 2 is 1.77 bits per heavy atom. The Morgan fingerprint density at radius 1 is 1.04 bits per heavy atom. The maximum Gasteiger partial charge on any atom is 0.295 e. The number of unbranched alkanes of at least 4 members (excludes halogenated alkanes) is 7. The zero-order valence-electron chi connectivity index (χ0n) is 16.4. The number of fused-ring (bicyclic) bond motifs is 1. The molecule has 4 heteroatoms. The van der Waals surface area contributed by atoms with Crippen molar-refractivity contribution in [2.75, 3.05) is 18.4 Å². The SMILES string of the molecule is CCCCCCCCCCc1ccc2nc(NC3CCNCC3)oc2c1. The number of hydrogen-bond acceptors (Lipinski definition) is 4. The van der Waals surface area contributed by atoms with Crippen LogP contribution in [0.5, 0.6) is 0 Å². The van der Waals surface area contributed by atoms with E-state index in [0.29, 0.717) is 12.1 Å². The lowest BCUT2D eigenvalue weighted by molar-refractivity contribution is 0.466. The van der Waals surface area contributed by atoms with Crippen molar-refractivity contribution >= 4 is 17.1 Å². The van der Waals surface area contributed by atoms with Crippen LogP contribution in [0.3, 0.4) is 0 Å². The fourth-order valence-corrected chi connectivity index (χ4v) is 3.79. The van der Waals surface area contributed by atoms with Crippen molar-refractivity contribution in [1.82, 2.24) is 10.3 Å². The molecule has 2 N–H and O–H groups in total. The molecule has 1 aromatic heterocycles. The van der Waals surface area contributed by atoms with Crippen LogP contribution in [0, 0.1) is 0 Å². The van der Waals surface area contributed by atoms with Crippen LogP contribution in [0.1, 0.15) is 76.7 Å². The molecule has 2 aromatic rings. The van der Waals surface area contributed by atoms with E-state index in [0.717, 1.165) is 43.5 Å². The van der Waals surface area contributed by atoms with Crippen LogP contribution >= 0.6 is 0 Å². The summed E-state index contributed by atoms with van der Waals surface area (Å²) in [6.07, 6.45) is 14.3. The quantitative estimate of drug-likeness (QED) is 0.508. The monoisotopic (exact) mass is 357 g/mol. The minimum Gasteiger partial charge on any atom is -0.424 e. The first kappa shape index (κ1) is 19.2. The standard InChI is InChI=1S/C22H35N3O/c1-2-3-4-5-6-7-8-9-10-18-11-12-20-21(17-18)26-22(25-20)24-19-13-15-23-16-14-19/h11-12,17,19,23H,2-10,13-16H2,1H3,(H,24,25). The largest absolute Gasteiger partial charge is 0.424 e. The first-order valence-corrected chi connectivity index (χ1v) is 10.7. The lowest BCUT2D eigenvalue weighted by Crippen LogP contribution is -2.35. The Labute approximate surface area is 158 Å². The topological polar surface area (TPSA) is 50.1 Å². The predicted octanol–water partition coefficient (Wildman–Crippen LogP) is 5.67. The molecule has 1 aromatic carbocycles. The lowest BCUT2D eigenvalue weighted by Gasteiger charge is -2.22. The minimum atomic E-state index is 0.473. The maximum atomic E-state index is 5.95. The summed E-state index contributed by atoms with van der Waals surface area (Å²) in [6.45, 7) is 4.42. The number of nitrogens with zero attached hydrogens (tertiary/aromatic N) is 1. The normalized spacial score (nSPS) is 15.6. The van der Waals surface area contributed by atoms with E-state index in [-0.39, 0.29) is 0 Å². The van der Waals surface area contributed by atoms with Gasteiger partial charge in [0.1, 0.15) is 5.52 Å². The first-order chi connectivity index (χ1) is 12.8. The van der Waals surface area contributed by atoms with E-state index >= 15 is 0 Å². The van der Waals surface area contributed by atoms with Gasteiger partial charge >= 0.3 is 0 Å². The van der Waals surface area contributed by atoms with E-state index < -0.39 is 0 Å². The molecule has 0 aliphatic carbocycles. The van der Waals surface area contributed by atoms with E-state index in [2.05, 4.69) is 40.7 Å². The third-order valence-electron chi connectivity index (χ3n) is 5.44. The molecule has 0 atom stereocenters. The molecule has 0 radical (unpaired) electrons. The van der Waals surface area contributed by atoms with Crippen molar-refractivity contribution in [3.05, 3.63) is 23.8 Å². The Hall–Kier alpha value is -1.55. The summed E-state index contributed by atoms with van der Waals surface area (Å²) < 4.78 is 5.95. The summed E-state index contributed by atoms with van der Waals surface area (Å²) in [4.78, 5) is 4.59. The van der Waals surface area contributed by atoms with E-state index in [1.165, 1.54) is 56.9 Å². The smallest absolute Gasteiger partial charge is 0.295 e. The highest BCUT2D eigenvalue weighted by Crippen LogP contribution is 2.23. The number of aromatic nitrogens is 1. The Bertz CT molecular complexity index is 646. The summed E-state index contributed by atoms with van der Waals surface area (Å²) in [5.41, 5.74) is 3.24.